The maximum atomic E-state index is 10.5. The molecule has 2 rings (SSSR count). The molecule has 1 saturated heterocycles. The minimum absolute atomic E-state index is 0.638. The Morgan fingerprint density at radius 3 is 2.94 bits per heavy atom. The van der Waals surface area contributed by atoms with Gasteiger partial charge in [-0.1, -0.05) is 24.3 Å². The zero-order valence-electron chi connectivity index (χ0n) is 9.86. The molecule has 1 unspecified atom stereocenters. The number of benzene rings is 1. The van der Waals surface area contributed by atoms with Crippen molar-refractivity contribution in [1.29, 1.82) is 0 Å². The van der Waals surface area contributed by atoms with Gasteiger partial charge in [0.15, 0.2) is 0 Å². The van der Waals surface area contributed by atoms with Crippen molar-refractivity contribution in [2.24, 2.45) is 0 Å². The molecule has 1 aromatic carbocycles. The maximum absolute atomic E-state index is 10.5. The Kier molecular flexibility index (Phi) is 3.73. The number of hydrogen-bond acceptors (Lipinski definition) is 2. The molecule has 1 atom stereocenters. The molecule has 0 radical (unpaired) electrons. The smallest absolute Gasteiger partial charge is 0.120 e. The van der Waals surface area contributed by atoms with Crippen molar-refractivity contribution in [3.8, 4) is 0 Å². The molecule has 2 nitrogen and oxygen atoms in total. The third kappa shape index (κ3) is 2.50. The predicted molar refractivity (Wildman–Crippen MR) is 65.7 cm³/mol. The molecular weight excluding hydrogens is 198 g/mol. The van der Waals surface area contributed by atoms with Gasteiger partial charge in [-0.05, 0) is 43.5 Å². The second-order valence-corrected chi connectivity index (χ2v) is 4.65. The van der Waals surface area contributed by atoms with Gasteiger partial charge in [-0.25, -0.2) is 0 Å². The number of nitrogens with zero attached hydrogens (tertiary/aromatic N) is 1. The van der Waals surface area contributed by atoms with Gasteiger partial charge in [-0.2, -0.15) is 0 Å². The first-order chi connectivity index (χ1) is 7.81. The van der Waals surface area contributed by atoms with Gasteiger partial charge in [-0.15, -0.1) is 0 Å². The summed E-state index contributed by atoms with van der Waals surface area (Å²) >= 11 is 0. The average Bonchev–Trinajstić information content (AvgIpc) is 2.73. The normalized spacial score (nSPS) is 21.2. The van der Waals surface area contributed by atoms with E-state index in [2.05, 4.69) is 36.2 Å². The van der Waals surface area contributed by atoms with Crippen LogP contribution in [0, 0.1) is 0 Å². The standard InChI is InChI=1S/C14H19NO/c1-15-9-8-13(11-15)14-7-3-2-5-12(14)6-4-10-16/h2-3,5,7,10,13H,4,6,8-9,11H2,1H3. The third-order valence-corrected chi connectivity index (χ3v) is 3.42. The molecule has 0 spiro atoms. The van der Waals surface area contributed by atoms with Gasteiger partial charge in [0, 0.05) is 13.0 Å². The minimum atomic E-state index is 0.638. The molecular formula is C14H19NO. The summed E-state index contributed by atoms with van der Waals surface area (Å²) in [5.41, 5.74) is 2.81. The first-order valence-corrected chi connectivity index (χ1v) is 6.01. The Morgan fingerprint density at radius 1 is 1.44 bits per heavy atom. The van der Waals surface area contributed by atoms with E-state index in [-0.39, 0.29) is 0 Å². The van der Waals surface area contributed by atoms with E-state index in [1.165, 1.54) is 24.1 Å². The number of hydrogen-bond donors (Lipinski definition) is 0. The van der Waals surface area contributed by atoms with Gasteiger partial charge < -0.3 is 9.69 Å². The highest BCUT2D eigenvalue weighted by Gasteiger charge is 2.22. The number of rotatable bonds is 4. The number of carbonyl (C=O) groups is 1. The fourth-order valence-electron chi connectivity index (χ4n) is 2.56. The van der Waals surface area contributed by atoms with Crippen molar-refractivity contribution in [2.45, 2.75) is 25.2 Å². The summed E-state index contributed by atoms with van der Waals surface area (Å²) < 4.78 is 0. The van der Waals surface area contributed by atoms with Crippen molar-refractivity contribution in [2.75, 3.05) is 20.1 Å². The van der Waals surface area contributed by atoms with E-state index < -0.39 is 0 Å². The molecule has 1 aliphatic rings. The van der Waals surface area contributed by atoms with Crippen molar-refractivity contribution in [3.05, 3.63) is 35.4 Å². The lowest BCUT2D eigenvalue weighted by Gasteiger charge is -2.15. The van der Waals surface area contributed by atoms with Crippen LogP contribution in [0.2, 0.25) is 0 Å². The summed E-state index contributed by atoms with van der Waals surface area (Å²) in [4.78, 5) is 12.8. The maximum Gasteiger partial charge on any atom is 0.120 e. The summed E-state index contributed by atoms with van der Waals surface area (Å²) in [7, 11) is 2.17. The average molecular weight is 217 g/mol. The Morgan fingerprint density at radius 2 is 2.25 bits per heavy atom. The van der Waals surface area contributed by atoms with Crippen LogP contribution in [0.5, 0.6) is 0 Å². The molecule has 0 aliphatic carbocycles. The third-order valence-electron chi connectivity index (χ3n) is 3.42. The largest absolute Gasteiger partial charge is 0.306 e. The molecule has 0 bridgehead atoms. The molecule has 0 N–H and O–H groups in total. The number of aldehydes is 1. The lowest BCUT2D eigenvalue weighted by atomic mass is 9.91. The lowest BCUT2D eigenvalue weighted by Crippen LogP contribution is -2.14. The van der Waals surface area contributed by atoms with Gasteiger partial charge in [0.25, 0.3) is 0 Å². The molecule has 1 heterocycles. The number of likely N-dealkylation sites (N-methyl/N-ethyl adjacent to an activating group) is 1. The minimum Gasteiger partial charge on any atom is -0.306 e. The second kappa shape index (κ2) is 5.26. The topological polar surface area (TPSA) is 20.3 Å². The quantitative estimate of drug-likeness (QED) is 0.721. The second-order valence-electron chi connectivity index (χ2n) is 4.65. The van der Waals surface area contributed by atoms with Crippen LogP contribution in [0.15, 0.2) is 24.3 Å². The highest BCUT2D eigenvalue weighted by Crippen LogP contribution is 2.29. The van der Waals surface area contributed by atoms with Gasteiger partial charge >= 0.3 is 0 Å². The van der Waals surface area contributed by atoms with Crippen LogP contribution < -0.4 is 0 Å². The summed E-state index contributed by atoms with van der Waals surface area (Å²) in [6.45, 7) is 2.34. The molecule has 86 valence electrons. The lowest BCUT2D eigenvalue weighted by molar-refractivity contribution is -0.107. The molecule has 16 heavy (non-hydrogen) atoms. The number of aryl methyl sites for hydroxylation is 1. The molecule has 1 aliphatic heterocycles. The van der Waals surface area contributed by atoms with Crippen molar-refractivity contribution < 1.29 is 4.79 Å². The Bertz CT molecular complexity index is 362. The fraction of sp³-hybridized carbons (Fsp3) is 0.500. The Hall–Kier alpha value is -1.15. The summed E-state index contributed by atoms with van der Waals surface area (Å²) in [5, 5.41) is 0. The fourth-order valence-corrected chi connectivity index (χ4v) is 2.56. The van der Waals surface area contributed by atoms with Crippen LogP contribution in [-0.4, -0.2) is 31.3 Å². The molecule has 0 amide bonds. The van der Waals surface area contributed by atoms with Crippen LogP contribution >= 0.6 is 0 Å². The van der Waals surface area contributed by atoms with E-state index in [4.69, 9.17) is 0 Å². The van der Waals surface area contributed by atoms with Crippen LogP contribution in [-0.2, 0) is 11.2 Å². The van der Waals surface area contributed by atoms with Crippen LogP contribution in [0.4, 0.5) is 0 Å². The monoisotopic (exact) mass is 217 g/mol. The van der Waals surface area contributed by atoms with E-state index in [1.807, 2.05) is 0 Å². The van der Waals surface area contributed by atoms with Crippen molar-refractivity contribution in [3.63, 3.8) is 0 Å². The van der Waals surface area contributed by atoms with E-state index in [9.17, 15) is 4.79 Å². The van der Waals surface area contributed by atoms with Crippen LogP contribution in [0.25, 0.3) is 0 Å². The number of carbonyl (C=O) groups excluding carboxylic acids is 1. The summed E-state index contributed by atoms with van der Waals surface area (Å²) in [6.07, 6.45) is 3.78. The summed E-state index contributed by atoms with van der Waals surface area (Å²) in [6, 6.07) is 8.57. The van der Waals surface area contributed by atoms with Crippen LogP contribution in [0.1, 0.15) is 29.9 Å². The van der Waals surface area contributed by atoms with Gasteiger partial charge in [0.05, 0.1) is 0 Å². The first kappa shape index (κ1) is 11.3. The molecule has 1 aromatic rings. The van der Waals surface area contributed by atoms with Gasteiger partial charge in [0.2, 0.25) is 0 Å². The molecule has 0 aromatic heterocycles. The molecule has 2 heteroatoms. The predicted octanol–water partition coefficient (Wildman–Crippen LogP) is 2.24. The molecule has 0 saturated carbocycles. The SMILES string of the molecule is CN1CCC(c2ccccc2CCC=O)C1. The summed E-state index contributed by atoms with van der Waals surface area (Å²) in [5.74, 6) is 0.660. The Balaban J connectivity index is 2.15. The van der Waals surface area contributed by atoms with Gasteiger partial charge in [-0.3, -0.25) is 0 Å². The van der Waals surface area contributed by atoms with E-state index in [0.717, 1.165) is 19.3 Å². The van der Waals surface area contributed by atoms with Gasteiger partial charge in [0.1, 0.15) is 6.29 Å². The molecule has 1 fully saturated rings. The van der Waals surface area contributed by atoms with E-state index in [1.54, 1.807) is 0 Å². The van der Waals surface area contributed by atoms with E-state index in [0.29, 0.717) is 12.3 Å². The highest BCUT2D eigenvalue weighted by atomic mass is 16.1. The van der Waals surface area contributed by atoms with Crippen molar-refractivity contribution >= 4 is 6.29 Å². The zero-order valence-corrected chi connectivity index (χ0v) is 9.86. The number of likely N-dealkylation sites (tertiary alicyclic amines) is 1. The highest BCUT2D eigenvalue weighted by molar-refractivity contribution is 5.50. The Labute approximate surface area is 97.3 Å². The first-order valence-electron chi connectivity index (χ1n) is 6.01. The van der Waals surface area contributed by atoms with Crippen LogP contribution in [0.3, 0.4) is 0 Å². The van der Waals surface area contributed by atoms with Crippen molar-refractivity contribution in [1.82, 2.24) is 4.90 Å². The zero-order chi connectivity index (χ0) is 11.4. The van der Waals surface area contributed by atoms with E-state index >= 15 is 0 Å².